The zero-order valence-electron chi connectivity index (χ0n) is 17.9. The number of ether oxygens (including phenoxy) is 1. The highest BCUT2D eigenvalue weighted by Gasteiger charge is 2.44. The van der Waals surface area contributed by atoms with Gasteiger partial charge in [0.1, 0.15) is 11.4 Å². The van der Waals surface area contributed by atoms with Gasteiger partial charge in [0.2, 0.25) is 11.8 Å². The predicted molar refractivity (Wildman–Crippen MR) is 112 cm³/mol. The van der Waals surface area contributed by atoms with E-state index in [1.54, 1.807) is 11.8 Å². The van der Waals surface area contributed by atoms with Crippen molar-refractivity contribution in [3.8, 4) is 5.75 Å². The molecule has 1 aliphatic carbocycles. The van der Waals surface area contributed by atoms with Crippen LogP contribution in [-0.4, -0.2) is 77.8 Å². The first-order valence-electron chi connectivity index (χ1n) is 11.0. The summed E-state index contributed by atoms with van der Waals surface area (Å²) in [6.07, 6.45) is 3.85. The van der Waals surface area contributed by atoms with E-state index in [2.05, 4.69) is 0 Å². The Morgan fingerprint density at radius 1 is 1.03 bits per heavy atom. The molecule has 1 aromatic carbocycles. The lowest BCUT2D eigenvalue weighted by molar-refractivity contribution is -0.138. The first-order chi connectivity index (χ1) is 14.4. The van der Waals surface area contributed by atoms with Crippen molar-refractivity contribution in [3.05, 3.63) is 29.8 Å². The van der Waals surface area contributed by atoms with Crippen LogP contribution < -0.4 is 4.74 Å². The maximum absolute atomic E-state index is 13.2. The van der Waals surface area contributed by atoms with Gasteiger partial charge in [0.15, 0.2) is 0 Å². The summed E-state index contributed by atoms with van der Waals surface area (Å²) in [6.45, 7) is 4.79. The van der Waals surface area contributed by atoms with Crippen molar-refractivity contribution >= 4 is 17.7 Å². The summed E-state index contributed by atoms with van der Waals surface area (Å²) >= 11 is 0. The van der Waals surface area contributed by atoms with E-state index in [4.69, 9.17) is 4.74 Å². The van der Waals surface area contributed by atoms with Crippen LogP contribution >= 0.6 is 0 Å². The number of para-hydroxylation sites is 1. The SMILES string of the molecule is CC(=O)N1CCCN(C(=O)C2CCC3(CC2)CN(C)C(=O)c2ccccc2O3)CC1. The molecule has 2 heterocycles. The van der Waals surface area contributed by atoms with Crippen LogP contribution in [0.25, 0.3) is 0 Å². The number of amides is 3. The monoisotopic (exact) mass is 413 g/mol. The van der Waals surface area contributed by atoms with Crippen molar-refractivity contribution in [2.75, 3.05) is 39.8 Å². The highest BCUT2D eigenvalue weighted by atomic mass is 16.5. The number of nitrogens with zero attached hydrogens (tertiary/aromatic N) is 3. The number of likely N-dealkylation sites (N-methyl/N-ethyl adjacent to an activating group) is 1. The molecule has 0 bridgehead atoms. The van der Waals surface area contributed by atoms with Crippen molar-refractivity contribution in [2.24, 2.45) is 5.92 Å². The van der Waals surface area contributed by atoms with Crippen LogP contribution in [0, 0.1) is 5.92 Å². The Hall–Kier alpha value is -2.57. The maximum atomic E-state index is 13.2. The summed E-state index contributed by atoms with van der Waals surface area (Å²) in [7, 11) is 1.82. The quantitative estimate of drug-likeness (QED) is 0.708. The van der Waals surface area contributed by atoms with E-state index >= 15 is 0 Å². The molecule has 3 amide bonds. The van der Waals surface area contributed by atoms with Crippen LogP contribution in [0.3, 0.4) is 0 Å². The molecule has 2 fully saturated rings. The number of hydrogen-bond donors (Lipinski definition) is 0. The number of rotatable bonds is 1. The van der Waals surface area contributed by atoms with Gasteiger partial charge in [0, 0.05) is 46.1 Å². The van der Waals surface area contributed by atoms with Crippen LogP contribution in [0.15, 0.2) is 24.3 Å². The average molecular weight is 414 g/mol. The Balaban J connectivity index is 1.41. The molecule has 1 saturated carbocycles. The second kappa shape index (κ2) is 8.28. The van der Waals surface area contributed by atoms with Gasteiger partial charge < -0.3 is 19.4 Å². The van der Waals surface area contributed by atoms with Crippen LogP contribution in [0.1, 0.15) is 49.4 Å². The molecule has 0 radical (unpaired) electrons. The third-order valence-electron chi connectivity index (χ3n) is 6.81. The van der Waals surface area contributed by atoms with Gasteiger partial charge in [-0.05, 0) is 44.2 Å². The first-order valence-corrected chi connectivity index (χ1v) is 11.0. The van der Waals surface area contributed by atoms with E-state index in [1.807, 2.05) is 41.1 Å². The topological polar surface area (TPSA) is 70.2 Å². The summed E-state index contributed by atoms with van der Waals surface area (Å²) in [5, 5.41) is 0. The predicted octanol–water partition coefficient (Wildman–Crippen LogP) is 2.16. The summed E-state index contributed by atoms with van der Waals surface area (Å²) in [5.74, 6) is 0.901. The van der Waals surface area contributed by atoms with E-state index in [0.717, 1.165) is 38.6 Å². The number of hydrogen-bond acceptors (Lipinski definition) is 4. The molecule has 0 unspecified atom stereocenters. The van der Waals surface area contributed by atoms with Crippen molar-refractivity contribution in [3.63, 3.8) is 0 Å². The molecule has 7 nitrogen and oxygen atoms in total. The van der Waals surface area contributed by atoms with Gasteiger partial charge in [-0.25, -0.2) is 0 Å². The third-order valence-corrected chi connectivity index (χ3v) is 6.81. The summed E-state index contributed by atoms with van der Waals surface area (Å²) in [6, 6.07) is 7.43. The normalized spacial score (nSPS) is 27.2. The summed E-state index contributed by atoms with van der Waals surface area (Å²) in [4.78, 5) is 43.0. The minimum atomic E-state index is -0.433. The Morgan fingerprint density at radius 2 is 1.70 bits per heavy atom. The fraction of sp³-hybridized carbons (Fsp3) is 0.609. The Labute approximate surface area is 177 Å². The molecule has 7 heteroatoms. The fourth-order valence-electron chi connectivity index (χ4n) is 5.07. The van der Waals surface area contributed by atoms with E-state index in [1.165, 1.54) is 0 Å². The summed E-state index contributed by atoms with van der Waals surface area (Å²) < 4.78 is 6.43. The molecule has 0 N–H and O–H groups in total. The molecule has 162 valence electrons. The first kappa shape index (κ1) is 20.7. The van der Waals surface area contributed by atoms with Crippen LogP contribution in [0.2, 0.25) is 0 Å². The lowest BCUT2D eigenvalue weighted by atomic mass is 9.77. The second-order valence-electron chi connectivity index (χ2n) is 8.90. The van der Waals surface area contributed by atoms with Gasteiger partial charge in [0.05, 0.1) is 12.1 Å². The van der Waals surface area contributed by atoms with Crippen molar-refractivity contribution < 1.29 is 19.1 Å². The molecule has 0 atom stereocenters. The molecule has 3 aliphatic rings. The number of benzene rings is 1. The van der Waals surface area contributed by atoms with Gasteiger partial charge >= 0.3 is 0 Å². The molecule has 1 spiro atoms. The van der Waals surface area contributed by atoms with Gasteiger partial charge in [-0.15, -0.1) is 0 Å². The van der Waals surface area contributed by atoms with Gasteiger partial charge in [-0.2, -0.15) is 0 Å². The minimum Gasteiger partial charge on any atom is -0.485 e. The van der Waals surface area contributed by atoms with E-state index in [-0.39, 0.29) is 23.6 Å². The smallest absolute Gasteiger partial charge is 0.257 e. The number of carbonyl (C=O) groups is 3. The van der Waals surface area contributed by atoms with E-state index in [0.29, 0.717) is 37.5 Å². The molecule has 30 heavy (non-hydrogen) atoms. The van der Waals surface area contributed by atoms with Crippen LogP contribution in [0.5, 0.6) is 5.75 Å². The van der Waals surface area contributed by atoms with Crippen molar-refractivity contribution in [1.82, 2.24) is 14.7 Å². The zero-order valence-corrected chi connectivity index (χ0v) is 17.9. The Morgan fingerprint density at radius 3 is 2.43 bits per heavy atom. The highest BCUT2D eigenvalue weighted by molar-refractivity contribution is 5.97. The molecule has 2 aliphatic heterocycles. The van der Waals surface area contributed by atoms with E-state index in [9.17, 15) is 14.4 Å². The molecular formula is C23H31N3O4. The molecule has 4 rings (SSSR count). The van der Waals surface area contributed by atoms with Gasteiger partial charge in [-0.1, -0.05) is 12.1 Å². The molecular weight excluding hydrogens is 382 g/mol. The fourth-order valence-corrected chi connectivity index (χ4v) is 5.07. The lowest BCUT2D eigenvalue weighted by Crippen LogP contribution is -2.50. The van der Waals surface area contributed by atoms with Crippen LogP contribution in [0.4, 0.5) is 0 Å². The van der Waals surface area contributed by atoms with Crippen molar-refractivity contribution in [1.29, 1.82) is 0 Å². The lowest BCUT2D eigenvalue weighted by Gasteiger charge is -2.41. The standard InChI is InChI=1S/C23H31N3O4/c1-17(27)25-12-5-13-26(15-14-25)21(28)18-8-10-23(11-9-18)16-24(2)22(29)19-6-3-4-7-20(19)30-23/h3-4,6-7,18H,5,8-16H2,1-2H3. The van der Waals surface area contributed by atoms with Crippen LogP contribution in [-0.2, 0) is 9.59 Å². The largest absolute Gasteiger partial charge is 0.485 e. The van der Waals surface area contributed by atoms with Gasteiger partial charge in [0.25, 0.3) is 5.91 Å². The van der Waals surface area contributed by atoms with Crippen molar-refractivity contribution in [2.45, 2.75) is 44.6 Å². The molecule has 0 aromatic heterocycles. The second-order valence-corrected chi connectivity index (χ2v) is 8.90. The molecule has 1 saturated heterocycles. The highest BCUT2D eigenvalue weighted by Crippen LogP contribution is 2.40. The van der Waals surface area contributed by atoms with Gasteiger partial charge in [-0.3, -0.25) is 14.4 Å². The third kappa shape index (κ3) is 4.02. The Bertz CT molecular complexity index is 831. The number of fused-ring (bicyclic) bond motifs is 1. The van der Waals surface area contributed by atoms with E-state index < -0.39 is 5.60 Å². The summed E-state index contributed by atoms with van der Waals surface area (Å²) in [5.41, 5.74) is 0.174. The zero-order chi connectivity index (χ0) is 21.3. The Kier molecular flexibility index (Phi) is 5.71. The maximum Gasteiger partial charge on any atom is 0.257 e. The average Bonchev–Trinajstić information content (AvgIpc) is 3.04. The number of carbonyl (C=O) groups excluding carboxylic acids is 3. The molecule has 1 aromatic rings. The minimum absolute atomic E-state index is 0.0115.